The molecule has 118 valence electrons. The number of hydrogen-bond donors (Lipinski definition) is 2. The van der Waals surface area contributed by atoms with Crippen LogP contribution in [0.4, 0.5) is 4.79 Å². The fourth-order valence-corrected chi connectivity index (χ4v) is 2.85. The van der Waals surface area contributed by atoms with Crippen LogP contribution in [0.3, 0.4) is 0 Å². The van der Waals surface area contributed by atoms with Gasteiger partial charge in [-0.15, -0.1) is 11.3 Å². The maximum Gasteiger partial charge on any atom is 0.317 e. The van der Waals surface area contributed by atoms with E-state index in [2.05, 4.69) is 10.3 Å². The van der Waals surface area contributed by atoms with E-state index in [-0.39, 0.29) is 12.6 Å². The molecule has 0 aliphatic heterocycles. The summed E-state index contributed by atoms with van der Waals surface area (Å²) in [7, 11) is 1.69. The highest BCUT2D eigenvalue weighted by atomic mass is 32.1. The molecule has 1 heterocycles. The number of thiazole rings is 1. The number of nitrogens with zero attached hydrogens (tertiary/aromatic N) is 2. The van der Waals surface area contributed by atoms with Crippen LogP contribution in [0.25, 0.3) is 0 Å². The summed E-state index contributed by atoms with van der Waals surface area (Å²) in [6.45, 7) is 6.17. The topological polar surface area (TPSA) is 82.5 Å². The van der Waals surface area contributed by atoms with Crippen LogP contribution in [0.2, 0.25) is 0 Å². The van der Waals surface area contributed by atoms with Crippen molar-refractivity contribution < 1.29 is 14.7 Å². The Balaban J connectivity index is 2.60. The summed E-state index contributed by atoms with van der Waals surface area (Å²) in [5.74, 6) is -0.867. The number of carboxylic acid groups (broad SMARTS) is 1. The molecule has 2 amide bonds. The van der Waals surface area contributed by atoms with Crippen LogP contribution in [0.1, 0.15) is 37.3 Å². The van der Waals surface area contributed by atoms with Crippen molar-refractivity contribution in [3.8, 4) is 0 Å². The molecule has 0 saturated carbocycles. The predicted molar refractivity (Wildman–Crippen MR) is 82.4 cm³/mol. The van der Waals surface area contributed by atoms with Gasteiger partial charge in [-0.3, -0.25) is 4.79 Å². The fourth-order valence-electron chi connectivity index (χ4n) is 2.02. The van der Waals surface area contributed by atoms with Gasteiger partial charge < -0.3 is 15.3 Å². The van der Waals surface area contributed by atoms with Crippen molar-refractivity contribution >= 4 is 23.3 Å². The highest BCUT2D eigenvalue weighted by molar-refractivity contribution is 7.09. The maximum atomic E-state index is 12.1. The highest BCUT2D eigenvalue weighted by Gasteiger charge is 2.35. The number of hydrogen-bond acceptors (Lipinski definition) is 4. The summed E-state index contributed by atoms with van der Waals surface area (Å²) in [5, 5.41) is 12.1. The second-order valence-corrected chi connectivity index (χ2v) is 6.11. The van der Waals surface area contributed by atoms with E-state index in [1.54, 1.807) is 17.5 Å². The summed E-state index contributed by atoms with van der Waals surface area (Å²) < 4.78 is 0. The van der Waals surface area contributed by atoms with Crippen molar-refractivity contribution in [1.82, 2.24) is 15.2 Å². The normalized spacial score (nSPS) is 11.2. The molecule has 1 rings (SSSR count). The second kappa shape index (κ2) is 7.40. The summed E-state index contributed by atoms with van der Waals surface area (Å²) >= 11 is 1.51. The van der Waals surface area contributed by atoms with Gasteiger partial charge in [-0.05, 0) is 19.8 Å². The van der Waals surface area contributed by atoms with E-state index in [4.69, 9.17) is 0 Å². The molecule has 0 bridgehead atoms. The van der Waals surface area contributed by atoms with Crippen molar-refractivity contribution in [1.29, 1.82) is 0 Å². The zero-order valence-corrected chi connectivity index (χ0v) is 13.8. The number of aliphatic carboxylic acids is 1. The molecule has 0 saturated heterocycles. The lowest BCUT2D eigenvalue weighted by atomic mass is 9.82. The fraction of sp³-hybridized carbons (Fsp3) is 0.643. The molecule has 0 atom stereocenters. The molecule has 0 radical (unpaired) electrons. The average molecular weight is 313 g/mol. The monoisotopic (exact) mass is 313 g/mol. The Bertz CT molecular complexity index is 497. The summed E-state index contributed by atoms with van der Waals surface area (Å²) in [6, 6.07) is -0.268. The Kier molecular flexibility index (Phi) is 6.14. The Morgan fingerprint density at radius 1 is 1.43 bits per heavy atom. The number of amides is 2. The first-order valence-electron chi connectivity index (χ1n) is 6.97. The molecule has 6 nitrogen and oxygen atoms in total. The summed E-state index contributed by atoms with van der Waals surface area (Å²) in [4.78, 5) is 30.2. The Hall–Kier alpha value is -1.63. The molecule has 1 aromatic heterocycles. The minimum absolute atomic E-state index is 0.139. The van der Waals surface area contributed by atoms with Gasteiger partial charge in [0.15, 0.2) is 0 Å². The molecule has 0 fully saturated rings. The number of aromatic nitrogens is 1. The van der Waals surface area contributed by atoms with E-state index in [1.165, 1.54) is 11.3 Å². The number of carboxylic acids is 1. The number of nitrogens with one attached hydrogen (secondary N) is 1. The molecule has 1 aromatic rings. The lowest BCUT2D eigenvalue weighted by Crippen LogP contribution is -2.46. The van der Waals surface area contributed by atoms with Gasteiger partial charge in [-0.1, -0.05) is 13.8 Å². The Morgan fingerprint density at radius 2 is 2.05 bits per heavy atom. The third-order valence-electron chi connectivity index (χ3n) is 3.96. The minimum Gasteiger partial charge on any atom is -0.481 e. The average Bonchev–Trinajstić information content (AvgIpc) is 2.85. The molecule has 2 N–H and O–H groups in total. The standard InChI is InChI=1S/C14H23N3O3S/c1-5-14(6-2,12(18)19)8-15-13(20)17(4)7-11-10(3)16-9-21-11/h9H,5-8H2,1-4H3,(H,15,20)(H,18,19). The van der Waals surface area contributed by atoms with Gasteiger partial charge >= 0.3 is 12.0 Å². The van der Waals surface area contributed by atoms with Crippen LogP contribution in [-0.2, 0) is 11.3 Å². The van der Waals surface area contributed by atoms with Crippen LogP contribution < -0.4 is 5.32 Å². The lowest BCUT2D eigenvalue weighted by Gasteiger charge is -2.28. The molecular formula is C14H23N3O3S. The molecule has 7 heteroatoms. The molecule has 0 unspecified atom stereocenters. The van der Waals surface area contributed by atoms with E-state index in [0.717, 1.165) is 10.6 Å². The number of carbonyl (C=O) groups is 2. The van der Waals surface area contributed by atoms with Crippen molar-refractivity contribution in [3.63, 3.8) is 0 Å². The van der Waals surface area contributed by atoms with Crippen LogP contribution in [0.5, 0.6) is 0 Å². The van der Waals surface area contributed by atoms with Gasteiger partial charge in [-0.25, -0.2) is 9.78 Å². The van der Waals surface area contributed by atoms with Gasteiger partial charge in [-0.2, -0.15) is 0 Å². The third-order valence-corrected chi connectivity index (χ3v) is 4.88. The summed E-state index contributed by atoms with van der Waals surface area (Å²) in [6.07, 6.45) is 0.966. The van der Waals surface area contributed by atoms with Crippen LogP contribution in [0.15, 0.2) is 5.51 Å². The van der Waals surface area contributed by atoms with Crippen molar-refractivity contribution in [2.45, 2.75) is 40.2 Å². The summed E-state index contributed by atoms with van der Waals surface area (Å²) in [5.41, 5.74) is 1.78. The smallest absolute Gasteiger partial charge is 0.317 e. The number of rotatable bonds is 7. The number of carbonyl (C=O) groups excluding carboxylic acids is 1. The van der Waals surface area contributed by atoms with E-state index in [0.29, 0.717) is 19.4 Å². The Morgan fingerprint density at radius 3 is 2.48 bits per heavy atom. The molecular weight excluding hydrogens is 290 g/mol. The number of urea groups is 1. The van der Waals surface area contributed by atoms with Crippen molar-refractivity contribution in [2.75, 3.05) is 13.6 Å². The van der Waals surface area contributed by atoms with E-state index in [1.807, 2.05) is 20.8 Å². The van der Waals surface area contributed by atoms with Crippen molar-refractivity contribution in [3.05, 3.63) is 16.1 Å². The molecule has 21 heavy (non-hydrogen) atoms. The third kappa shape index (κ3) is 4.17. The first-order valence-corrected chi connectivity index (χ1v) is 7.85. The second-order valence-electron chi connectivity index (χ2n) is 5.17. The van der Waals surface area contributed by atoms with Crippen LogP contribution in [-0.4, -0.2) is 40.6 Å². The van der Waals surface area contributed by atoms with E-state index < -0.39 is 11.4 Å². The van der Waals surface area contributed by atoms with Crippen LogP contribution in [0, 0.1) is 12.3 Å². The molecule has 0 aromatic carbocycles. The van der Waals surface area contributed by atoms with Gasteiger partial charge in [0.1, 0.15) is 0 Å². The van der Waals surface area contributed by atoms with Gasteiger partial charge in [0.2, 0.25) is 0 Å². The SMILES string of the molecule is CCC(CC)(CNC(=O)N(C)Cc1scnc1C)C(=O)O. The largest absolute Gasteiger partial charge is 0.481 e. The Labute approximate surface area is 129 Å². The van der Waals surface area contributed by atoms with Crippen molar-refractivity contribution in [2.24, 2.45) is 5.41 Å². The lowest BCUT2D eigenvalue weighted by molar-refractivity contribution is -0.149. The van der Waals surface area contributed by atoms with E-state index >= 15 is 0 Å². The molecule has 0 aliphatic carbocycles. The first kappa shape index (κ1) is 17.4. The predicted octanol–water partition coefficient (Wildman–Crippen LogP) is 2.48. The highest BCUT2D eigenvalue weighted by Crippen LogP contribution is 2.25. The van der Waals surface area contributed by atoms with Gasteiger partial charge in [0.25, 0.3) is 0 Å². The van der Waals surface area contributed by atoms with Gasteiger partial charge in [0.05, 0.1) is 23.2 Å². The first-order chi connectivity index (χ1) is 9.86. The zero-order valence-electron chi connectivity index (χ0n) is 13.0. The van der Waals surface area contributed by atoms with Crippen LogP contribution >= 0.6 is 11.3 Å². The molecule has 0 spiro atoms. The van der Waals surface area contributed by atoms with E-state index in [9.17, 15) is 14.7 Å². The molecule has 0 aliphatic rings. The maximum absolute atomic E-state index is 12.1. The zero-order chi connectivity index (χ0) is 16.0. The van der Waals surface area contributed by atoms with Gasteiger partial charge in [0, 0.05) is 18.5 Å². The minimum atomic E-state index is -0.892. The quantitative estimate of drug-likeness (QED) is 0.810. The number of aryl methyl sites for hydroxylation is 1.